The predicted octanol–water partition coefficient (Wildman–Crippen LogP) is 0.925. The maximum Gasteiger partial charge on any atom is 0.0599 e. The van der Waals surface area contributed by atoms with Crippen LogP contribution in [0.3, 0.4) is 0 Å². The summed E-state index contributed by atoms with van der Waals surface area (Å²) in [5.74, 6) is 0. The molecular weight excluding hydrogens is 238 g/mol. The number of rotatable bonds is 6. The maximum absolute atomic E-state index is 5.97. The third-order valence-electron chi connectivity index (χ3n) is 4.73. The van der Waals surface area contributed by atoms with Crippen LogP contribution >= 0.6 is 0 Å². The molecule has 0 amide bonds. The summed E-state index contributed by atoms with van der Waals surface area (Å²) in [4.78, 5) is 5.30. The van der Waals surface area contributed by atoms with Crippen molar-refractivity contribution in [2.45, 2.75) is 44.2 Å². The van der Waals surface area contributed by atoms with E-state index in [-0.39, 0.29) is 0 Å². The number of nitrogens with one attached hydrogen (secondary N) is 1. The Morgan fingerprint density at radius 2 is 1.68 bits per heavy atom. The van der Waals surface area contributed by atoms with E-state index in [9.17, 15) is 0 Å². The second kappa shape index (κ2) is 7.02. The number of piperidine rings is 1. The van der Waals surface area contributed by atoms with Gasteiger partial charge in [-0.3, -0.25) is 4.90 Å². The summed E-state index contributed by atoms with van der Waals surface area (Å²) >= 11 is 0. The number of piperazine rings is 1. The van der Waals surface area contributed by atoms with Crippen molar-refractivity contribution in [1.82, 2.24) is 15.1 Å². The lowest BCUT2D eigenvalue weighted by Crippen LogP contribution is -2.47. The second-order valence-electron chi connectivity index (χ2n) is 6.28. The van der Waals surface area contributed by atoms with Crippen LogP contribution in [0.5, 0.6) is 0 Å². The molecule has 3 rings (SSSR count). The molecule has 2 aliphatic heterocycles. The van der Waals surface area contributed by atoms with E-state index in [4.69, 9.17) is 4.74 Å². The third-order valence-corrected chi connectivity index (χ3v) is 4.73. The molecular formula is C15H29N3O. The highest BCUT2D eigenvalue weighted by molar-refractivity contribution is 4.87. The summed E-state index contributed by atoms with van der Waals surface area (Å²) in [7, 11) is 0. The Morgan fingerprint density at radius 1 is 0.947 bits per heavy atom. The SMILES string of the molecule is C(COC1CCNCC1)CN1CCN(C2CC2)CC1. The van der Waals surface area contributed by atoms with Crippen molar-refractivity contribution in [3.8, 4) is 0 Å². The molecule has 0 aromatic heterocycles. The number of ether oxygens (including phenoxy) is 1. The van der Waals surface area contributed by atoms with Gasteiger partial charge in [0, 0.05) is 45.4 Å². The molecule has 0 aromatic carbocycles. The molecule has 4 nitrogen and oxygen atoms in total. The molecule has 4 heteroatoms. The molecule has 1 saturated carbocycles. The van der Waals surface area contributed by atoms with Crippen molar-refractivity contribution in [2.24, 2.45) is 0 Å². The minimum Gasteiger partial charge on any atom is -0.378 e. The number of hydrogen-bond acceptors (Lipinski definition) is 4. The molecule has 1 N–H and O–H groups in total. The van der Waals surface area contributed by atoms with Gasteiger partial charge in [-0.2, -0.15) is 0 Å². The van der Waals surface area contributed by atoms with Crippen LogP contribution < -0.4 is 5.32 Å². The fourth-order valence-electron chi connectivity index (χ4n) is 3.29. The van der Waals surface area contributed by atoms with Crippen LogP contribution in [0.1, 0.15) is 32.1 Å². The van der Waals surface area contributed by atoms with Crippen molar-refractivity contribution < 1.29 is 4.74 Å². The average Bonchev–Trinajstić information content (AvgIpc) is 3.30. The summed E-state index contributed by atoms with van der Waals surface area (Å²) < 4.78 is 5.97. The Kier molecular flexibility index (Phi) is 5.10. The van der Waals surface area contributed by atoms with E-state index in [0.29, 0.717) is 6.10 Å². The maximum atomic E-state index is 5.97. The Hall–Kier alpha value is -0.160. The van der Waals surface area contributed by atoms with E-state index in [2.05, 4.69) is 15.1 Å². The van der Waals surface area contributed by atoms with Gasteiger partial charge in [-0.1, -0.05) is 0 Å². The van der Waals surface area contributed by atoms with E-state index in [0.717, 1.165) is 25.7 Å². The predicted molar refractivity (Wildman–Crippen MR) is 77.5 cm³/mol. The molecule has 19 heavy (non-hydrogen) atoms. The largest absolute Gasteiger partial charge is 0.378 e. The molecule has 3 aliphatic rings. The van der Waals surface area contributed by atoms with Crippen LogP contribution in [0.15, 0.2) is 0 Å². The molecule has 0 atom stereocenters. The van der Waals surface area contributed by atoms with Crippen LogP contribution in [-0.4, -0.2) is 74.4 Å². The first-order chi connectivity index (χ1) is 9.42. The van der Waals surface area contributed by atoms with Gasteiger partial charge in [0.1, 0.15) is 0 Å². The van der Waals surface area contributed by atoms with E-state index >= 15 is 0 Å². The van der Waals surface area contributed by atoms with Crippen molar-refractivity contribution in [2.75, 3.05) is 52.4 Å². The molecule has 0 bridgehead atoms. The van der Waals surface area contributed by atoms with Crippen LogP contribution in [0, 0.1) is 0 Å². The van der Waals surface area contributed by atoms with Crippen molar-refractivity contribution >= 4 is 0 Å². The van der Waals surface area contributed by atoms with E-state index in [1.807, 2.05) is 0 Å². The standard InChI is InChI=1S/C15H29N3O/c1(13-19-15-4-6-16-7-5-15)8-17-9-11-18(12-10-17)14-2-3-14/h14-16H,1-13H2. The van der Waals surface area contributed by atoms with Gasteiger partial charge in [0.15, 0.2) is 0 Å². The molecule has 0 aromatic rings. The quantitative estimate of drug-likeness (QED) is 0.725. The first kappa shape index (κ1) is 13.8. The normalized spacial score (nSPS) is 27.8. The number of nitrogens with zero attached hydrogens (tertiary/aromatic N) is 2. The highest BCUT2D eigenvalue weighted by atomic mass is 16.5. The van der Waals surface area contributed by atoms with Crippen molar-refractivity contribution in [3.63, 3.8) is 0 Å². The van der Waals surface area contributed by atoms with Crippen LogP contribution in [0.4, 0.5) is 0 Å². The molecule has 1 aliphatic carbocycles. The van der Waals surface area contributed by atoms with E-state index < -0.39 is 0 Å². The summed E-state index contributed by atoms with van der Waals surface area (Å²) in [6.07, 6.45) is 7.01. The van der Waals surface area contributed by atoms with Gasteiger partial charge in [-0.15, -0.1) is 0 Å². The zero-order valence-electron chi connectivity index (χ0n) is 12.1. The summed E-state index contributed by atoms with van der Waals surface area (Å²) in [6, 6.07) is 0.949. The van der Waals surface area contributed by atoms with Crippen LogP contribution in [-0.2, 0) is 4.74 Å². The summed E-state index contributed by atoms with van der Waals surface area (Å²) in [5.41, 5.74) is 0. The highest BCUT2D eigenvalue weighted by Crippen LogP contribution is 2.27. The Balaban J connectivity index is 1.22. The zero-order chi connectivity index (χ0) is 12.9. The average molecular weight is 267 g/mol. The van der Waals surface area contributed by atoms with Gasteiger partial charge in [0.05, 0.1) is 6.10 Å². The smallest absolute Gasteiger partial charge is 0.0599 e. The van der Waals surface area contributed by atoms with Crippen LogP contribution in [0.25, 0.3) is 0 Å². The highest BCUT2D eigenvalue weighted by Gasteiger charge is 2.30. The first-order valence-corrected chi connectivity index (χ1v) is 8.20. The summed E-state index contributed by atoms with van der Waals surface area (Å²) in [6.45, 7) is 9.56. The van der Waals surface area contributed by atoms with E-state index in [1.54, 1.807) is 0 Å². The lowest BCUT2D eigenvalue weighted by Gasteiger charge is -2.34. The van der Waals surface area contributed by atoms with Gasteiger partial charge in [0.2, 0.25) is 0 Å². The van der Waals surface area contributed by atoms with Gasteiger partial charge in [-0.25, -0.2) is 0 Å². The fourth-order valence-corrected chi connectivity index (χ4v) is 3.29. The van der Waals surface area contributed by atoms with Crippen molar-refractivity contribution in [3.05, 3.63) is 0 Å². The van der Waals surface area contributed by atoms with Crippen molar-refractivity contribution in [1.29, 1.82) is 0 Å². The second-order valence-corrected chi connectivity index (χ2v) is 6.28. The number of hydrogen-bond donors (Lipinski definition) is 1. The van der Waals surface area contributed by atoms with Gasteiger partial charge in [0.25, 0.3) is 0 Å². The fraction of sp³-hybridized carbons (Fsp3) is 1.00. The summed E-state index contributed by atoms with van der Waals surface area (Å²) in [5, 5.41) is 3.38. The van der Waals surface area contributed by atoms with Gasteiger partial charge < -0.3 is 15.0 Å². The molecule has 3 fully saturated rings. The minimum absolute atomic E-state index is 0.521. The third kappa shape index (κ3) is 4.42. The molecule has 0 unspecified atom stereocenters. The molecule has 0 spiro atoms. The molecule has 2 heterocycles. The van der Waals surface area contributed by atoms with Gasteiger partial charge in [-0.05, 0) is 45.2 Å². The zero-order valence-corrected chi connectivity index (χ0v) is 12.1. The minimum atomic E-state index is 0.521. The first-order valence-electron chi connectivity index (χ1n) is 8.20. The monoisotopic (exact) mass is 267 g/mol. The Bertz CT molecular complexity index is 256. The topological polar surface area (TPSA) is 27.7 Å². The molecule has 110 valence electrons. The van der Waals surface area contributed by atoms with Crippen LogP contribution in [0.2, 0.25) is 0 Å². The molecule has 2 saturated heterocycles. The van der Waals surface area contributed by atoms with Gasteiger partial charge >= 0.3 is 0 Å². The van der Waals surface area contributed by atoms with E-state index in [1.165, 1.54) is 64.8 Å². The Labute approximate surface area is 117 Å². The lowest BCUT2D eigenvalue weighted by atomic mass is 10.1. The lowest BCUT2D eigenvalue weighted by molar-refractivity contribution is 0.0250. The Morgan fingerprint density at radius 3 is 2.37 bits per heavy atom. The molecule has 0 radical (unpaired) electrons.